The molecular weight excluding hydrogens is 216 g/mol. The van der Waals surface area contributed by atoms with Crippen molar-refractivity contribution in [1.82, 2.24) is 0 Å². The van der Waals surface area contributed by atoms with Crippen molar-refractivity contribution >= 4 is 28.1 Å². The second-order valence-electron chi connectivity index (χ2n) is 3.72. The molecule has 77 valence electrons. The van der Waals surface area contributed by atoms with E-state index in [-0.39, 0.29) is 5.92 Å². The first-order chi connectivity index (χ1) is 7.84. The average molecular weight is 225 g/mol. The SMILES string of the molecule is S=C1[C]=CC=CC1c1cc2ccccc2o1. The van der Waals surface area contributed by atoms with E-state index < -0.39 is 0 Å². The van der Waals surface area contributed by atoms with Crippen LogP contribution in [0.5, 0.6) is 0 Å². The number of fused-ring (bicyclic) bond motifs is 1. The van der Waals surface area contributed by atoms with E-state index in [1.54, 1.807) is 0 Å². The molecule has 1 nitrogen and oxygen atoms in total. The molecular formula is C14H9OS. The molecule has 0 N–H and O–H groups in total. The third-order valence-electron chi connectivity index (χ3n) is 2.66. The molecule has 1 aromatic heterocycles. The highest BCUT2D eigenvalue weighted by Crippen LogP contribution is 2.28. The topological polar surface area (TPSA) is 13.1 Å². The summed E-state index contributed by atoms with van der Waals surface area (Å²) in [6, 6.07) is 10.0. The standard InChI is InChI=1S/C14H9OS/c16-14-8-4-2-6-11(14)13-9-10-5-1-3-7-12(10)15-13/h1-7,9,11H. The van der Waals surface area contributed by atoms with E-state index in [0.717, 1.165) is 21.6 Å². The Bertz CT molecular complexity index is 571. The molecule has 0 amide bonds. The molecule has 1 unspecified atom stereocenters. The summed E-state index contributed by atoms with van der Waals surface area (Å²) in [5, 5.41) is 1.11. The number of thiocarbonyl (C=S) groups is 1. The molecule has 3 rings (SSSR count). The monoisotopic (exact) mass is 225 g/mol. The Morgan fingerprint density at radius 1 is 1.25 bits per heavy atom. The quantitative estimate of drug-likeness (QED) is 0.684. The van der Waals surface area contributed by atoms with Crippen LogP contribution < -0.4 is 0 Å². The summed E-state index contributed by atoms with van der Waals surface area (Å²) in [6.07, 6.45) is 8.86. The fourth-order valence-corrected chi connectivity index (χ4v) is 2.12. The third kappa shape index (κ3) is 1.51. The van der Waals surface area contributed by atoms with Crippen LogP contribution in [0.25, 0.3) is 11.0 Å². The van der Waals surface area contributed by atoms with E-state index >= 15 is 0 Å². The van der Waals surface area contributed by atoms with Gasteiger partial charge in [0.15, 0.2) is 0 Å². The van der Waals surface area contributed by atoms with Crippen molar-refractivity contribution in [3.8, 4) is 0 Å². The second-order valence-corrected chi connectivity index (χ2v) is 4.16. The van der Waals surface area contributed by atoms with Gasteiger partial charge in [-0.15, -0.1) is 0 Å². The highest BCUT2D eigenvalue weighted by Gasteiger charge is 2.18. The molecule has 0 fully saturated rings. The van der Waals surface area contributed by atoms with Crippen LogP contribution in [-0.4, -0.2) is 4.86 Å². The van der Waals surface area contributed by atoms with Crippen LogP contribution in [0.2, 0.25) is 0 Å². The van der Waals surface area contributed by atoms with Gasteiger partial charge in [-0.3, -0.25) is 0 Å². The Morgan fingerprint density at radius 2 is 2.12 bits per heavy atom. The lowest BCUT2D eigenvalue weighted by Gasteiger charge is -2.10. The predicted octanol–water partition coefficient (Wildman–Crippen LogP) is 3.82. The van der Waals surface area contributed by atoms with E-state index in [0.29, 0.717) is 0 Å². The van der Waals surface area contributed by atoms with Crippen LogP contribution in [0, 0.1) is 6.08 Å². The number of allylic oxidation sites excluding steroid dienone is 4. The van der Waals surface area contributed by atoms with E-state index in [4.69, 9.17) is 16.6 Å². The van der Waals surface area contributed by atoms with Gasteiger partial charge in [0.2, 0.25) is 0 Å². The normalized spacial score (nSPS) is 19.5. The maximum Gasteiger partial charge on any atom is 0.134 e. The maximum absolute atomic E-state index is 5.79. The van der Waals surface area contributed by atoms with Gasteiger partial charge < -0.3 is 4.42 Å². The van der Waals surface area contributed by atoms with Gasteiger partial charge in [-0.1, -0.05) is 48.6 Å². The lowest BCUT2D eigenvalue weighted by atomic mass is 9.98. The molecule has 1 atom stereocenters. The fourth-order valence-electron chi connectivity index (χ4n) is 1.85. The van der Waals surface area contributed by atoms with E-state index in [1.807, 2.05) is 48.6 Å². The lowest BCUT2D eigenvalue weighted by Crippen LogP contribution is -2.06. The van der Waals surface area contributed by atoms with Crippen LogP contribution >= 0.6 is 12.2 Å². The number of hydrogen-bond donors (Lipinski definition) is 0. The van der Waals surface area contributed by atoms with Gasteiger partial charge in [0, 0.05) is 10.3 Å². The first-order valence-corrected chi connectivity index (χ1v) is 5.54. The minimum absolute atomic E-state index is 0.0485. The van der Waals surface area contributed by atoms with Crippen LogP contribution in [0.15, 0.2) is 53.0 Å². The number of para-hydroxylation sites is 1. The van der Waals surface area contributed by atoms with Crippen LogP contribution in [0.1, 0.15) is 11.7 Å². The molecule has 2 heteroatoms. The van der Waals surface area contributed by atoms with Gasteiger partial charge in [-0.2, -0.15) is 0 Å². The molecule has 0 saturated heterocycles. The molecule has 2 aromatic rings. The fraction of sp³-hybridized carbons (Fsp3) is 0.0714. The van der Waals surface area contributed by atoms with Crippen molar-refractivity contribution in [2.45, 2.75) is 5.92 Å². The third-order valence-corrected chi connectivity index (χ3v) is 3.03. The van der Waals surface area contributed by atoms with Gasteiger partial charge in [-0.05, 0) is 18.2 Å². The first-order valence-electron chi connectivity index (χ1n) is 5.13. The Balaban J connectivity index is 2.09. The minimum Gasteiger partial charge on any atom is -0.460 e. The zero-order valence-corrected chi connectivity index (χ0v) is 9.33. The number of benzene rings is 1. The second kappa shape index (κ2) is 3.72. The molecule has 1 heterocycles. The average Bonchev–Trinajstić information content (AvgIpc) is 2.73. The number of rotatable bonds is 1. The van der Waals surface area contributed by atoms with E-state index in [1.165, 1.54) is 0 Å². The van der Waals surface area contributed by atoms with Crippen molar-refractivity contribution in [3.05, 3.63) is 60.4 Å². The zero-order chi connectivity index (χ0) is 11.0. The molecule has 0 aliphatic heterocycles. The Hall–Kier alpha value is -1.67. The van der Waals surface area contributed by atoms with Crippen molar-refractivity contribution < 1.29 is 4.42 Å². The summed E-state index contributed by atoms with van der Waals surface area (Å²) in [5.74, 6) is 0.940. The molecule has 0 saturated carbocycles. The van der Waals surface area contributed by atoms with Crippen molar-refractivity contribution in [2.75, 3.05) is 0 Å². The molecule has 16 heavy (non-hydrogen) atoms. The summed E-state index contributed by atoms with van der Waals surface area (Å²) < 4.78 is 5.79. The largest absolute Gasteiger partial charge is 0.460 e. The Labute approximate surface area is 99.1 Å². The van der Waals surface area contributed by atoms with E-state index in [9.17, 15) is 0 Å². The van der Waals surface area contributed by atoms with Crippen molar-refractivity contribution in [1.29, 1.82) is 0 Å². The van der Waals surface area contributed by atoms with Gasteiger partial charge in [0.05, 0.1) is 5.92 Å². The summed E-state index contributed by atoms with van der Waals surface area (Å²) in [5.41, 5.74) is 0.906. The molecule has 0 spiro atoms. The summed E-state index contributed by atoms with van der Waals surface area (Å²) in [6.45, 7) is 0. The van der Waals surface area contributed by atoms with Gasteiger partial charge in [0.1, 0.15) is 11.3 Å². The van der Waals surface area contributed by atoms with Gasteiger partial charge in [0.25, 0.3) is 0 Å². The van der Waals surface area contributed by atoms with Gasteiger partial charge in [-0.25, -0.2) is 0 Å². The maximum atomic E-state index is 5.79. The van der Waals surface area contributed by atoms with Crippen molar-refractivity contribution in [3.63, 3.8) is 0 Å². The zero-order valence-electron chi connectivity index (χ0n) is 8.51. The highest BCUT2D eigenvalue weighted by molar-refractivity contribution is 7.80. The van der Waals surface area contributed by atoms with Gasteiger partial charge >= 0.3 is 0 Å². The number of hydrogen-bond acceptors (Lipinski definition) is 2. The summed E-state index contributed by atoms with van der Waals surface area (Å²) in [4.78, 5) is 0.779. The first kappa shape index (κ1) is 9.55. The Morgan fingerprint density at radius 3 is 2.94 bits per heavy atom. The smallest absolute Gasteiger partial charge is 0.134 e. The molecule has 1 aliphatic rings. The minimum atomic E-state index is 0.0485. The molecule has 1 radical (unpaired) electrons. The molecule has 0 bridgehead atoms. The Kier molecular flexibility index (Phi) is 2.22. The summed E-state index contributed by atoms with van der Waals surface area (Å²) >= 11 is 5.26. The van der Waals surface area contributed by atoms with E-state index in [2.05, 4.69) is 6.08 Å². The van der Waals surface area contributed by atoms with Crippen molar-refractivity contribution in [2.24, 2.45) is 0 Å². The summed E-state index contributed by atoms with van der Waals surface area (Å²) in [7, 11) is 0. The number of furan rings is 1. The van der Waals surface area contributed by atoms with Crippen LogP contribution in [0.4, 0.5) is 0 Å². The van der Waals surface area contributed by atoms with Crippen LogP contribution in [-0.2, 0) is 0 Å². The molecule has 1 aliphatic carbocycles. The predicted molar refractivity (Wildman–Crippen MR) is 68.5 cm³/mol. The molecule has 1 aromatic carbocycles. The highest BCUT2D eigenvalue weighted by atomic mass is 32.1. The lowest BCUT2D eigenvalue weighted by molar-refractivity contribution is 0.556. The van der Waals surface area contributed by atoms with Crippen LogP contribution in [0.3, 0.4) is 0 Å².